The van der Waals surface area contributed by atoms with Crippen molar-refractivity contribution in [3.63, 3.8) is 0 Å². The van der Waals surface area contributed by atoms with Crippen molar-refractivity contribution in [2.45, 2.75) is 26.8 Å². The van der Waals surface area contributed by atoms with E-state index >= 15 is 0 Å². The lowest BCUT2D eigenvalue weighted by molar-refractivity contribution is 0.0950. The first kappa shape index (κ1) is 26.1. The van der Waals surface area contributed by atoms with Crippen molar-refractivity contribution < 1.29 is 14.0 Å². The van der Waals surface area contributed by atoms with Crippen LogP contribution in [0.5, 0.6) is 0 Å². The maximum atomic E-state index is 13.0. The Hall–Kier alpha value is -4.53. The summed E-state index contributed by atoms with van der Waals surface area (Å²) in [5.41, 5.74) is 4.47. The number of aromatic nitrogens is 2. The second kappa shape index (κ2) is 11.9. The number of nitrogens with zero attached hydrogens (tertiary/aromatic N) is 4. The summed E-state index contributed by atoms with van der Waals surface area (Å²) < 4.78 is 7.51. The molecule has 9 nitrogen and oxygen atoms in total. The number of carbonyl (C=O) groups excluding carboxylic acids is 2. The Morgan fingerprint density at radius 2 is 1.69 bits per heavy atom. The van der Waals surface area contributed by atoms with Crippen LogP contribution in [0.1, 0.15) is 38.7 Å². The number of carbonyl (C=O) groups is 2. The molecule has 39 heavy (non-hydrogen) atoms. The van der Waals surface area contributed by atoms with E-state index in [1.54, 1.807) is 37.6 Å². The third kappa shape index (κ3) is 6.31. The molecule has 1 fully saturated rings. The Morgan fingerprint density at radius 3 is 2.38 bits per heavy atom. The van der Waals surface area contributed by atoms with E-state index < -0.39 is 0 Å². The summed E-state index contributed by atoms with van der Waals surface area (Å²) in [5, 5.41) is 5.97. The molecule has 2 aromatic heterocycles. The molecule has 2 amide bonds. The first-order valence-corrected chi connectivity index (χ1v) is 13.3. The van der Waals surface area contributed by atoms with E-state index in [9.17, 15) is 9.59 Å². The Morgan fingerprint density at radius 1 is 0.923 bits per heavy atom. The summed E-state index contributed by atoms with van der Waals surface area (Å²) in [6.45, 7) is 8.53. The average molecular weight is 527 g/mol. The lowest BCUT2D eigenvalue weighted by atomic mass is 10.1. The van der Waals surface area contributed by atoms with Crippen molar-refractivity contribution in [2.75, 3.05) is 47.8 Å². The fraction of sp³-hybridized carbons (Fsp3) is 0.300. The van der Waals surface area contributed by atoms with Crippen LogP contribution in [0, 0.1) is 13.8 Å². The third-order valence-electron chi connectivity index (χ3n) is 6.99. The predicted octanol–water partition coefficient (Wildman–Crippen LogP) is 4.49. The van der Waals surface area contributed by atoms with Gasteiger partial charge in [0.15, 0.2) is 5.76 Å². The van der Waals surface area contributed by atoms with E-state index in [4.69, 9.17) is 4.42 Å². The van der Waals surface area contributed by atoms with Gasteiger partial charge in [0.05, 0.1) is 17.7 Å². The molecule has 1 aliphatic heterocycles. The number of para-hydroxylation sites is 1. The summed E-state index contributed by atoms with van der Waals surface area (Å²) in [7, 11) is 0. The number of hydrogen-bond acceptors (Lipinski definition) is 6. The summed E-state index contributed by atoms with van der Waals surface area (Å²) in [6.07, 6.45) is 6.18. The number of nitrogens with one attached hydrogen (secondary N) is 2. The number of piperazine rings is 1. The Balaban J connectivity index is 1.30. The monoisotopic (exact) mass is 526 g/mol. The molecule has 1 aliphatic rings. The van der Waals surface area contributed by atoms with E-state index in [1.165, 1.54) is 11.3 Å². The molecule has 3 heterocycles. The molecule has 4 aromatic rings. The van der Waals surface area contributed by atoms with Crippen molar-refractivity contribution in [2.24, 2.45) is 0 Å². The molecule has 2 aromatic carbocycles. The number of amides is 2. The normalized spacial score (nSPS) is 13.4. The van der Waals surface area contributed by atoms with Gasteiger partial charge in [0.25, 0.3) is 11.8 Å². The Bertz CT molecular complexity index is 1420. The standard InChI is InChI=1S/C30H34N6O3/c1-22-6-3-4-7-26(22)35-16-18-36(19-17-35)27-10-9-24(29(37)32-12-5-14-34-15-13-31-21-34)20-25(27)33-30(38)28-11-8-23(2)39-28/h3-4,6-11,13,15,20-21H,5,12,14,16-19H2,1-2H3,(H,32,37)(H,33,38). The summed E-state index contributed by atoms with van der Waals surface area (Å²) >= 11 is 0. The molecule has 9 heteroatoms. The minimum Gasteiger partial charge on any atom is -0.456 e. The van der Waals surface area contributed by atoms with Gasteiger partial charge in [0, 0.05) is 62.9 Å². The molecule has 202 valence electrons. The first-order valence-electron chi connectivity index (χ1n) is 13.3. The maximum Gasteiger partial charge on any atom is 0.291 e. The quantitative estimate of drug-likeness (QED) is 0.312. The highest BCUT2D eigenvalue weighted by Crippen LogP contribution is 2.30. The van der Waals surface area contributed by atoms with Crippen LogP contribution in [-0.2, 0) is 6.54 Å². The van der Waals surface area contributed by atoms with Gasteiger partial charge in [-0.25, -0.2) is 4.98 Å². The molecule has 1 saturated heterocycles. The number of rotatable bonds is 9. The van der Waals surface area contributed by atoms with Crippen LogP contribution in [0.15, 0.2) is 77.7 Å². The fourth-order valence-electron chi connectivity index (χ4n) is 4.88. The average Bonchev–Trinajstić information content (AvgIpc) is 3.63. The zero-order valence-electron chi connectivity index (χ0n) is 22.4. The molecule has 0 spiro atoms. The van der Waals surface area contributed by atoms with Gasteiger partial charge in [-0.05, 0) is 62.2 Å². The Labute approximate surface area is 228 Å². The summed E-state index contributed by atoms with van der Waals surface area (Å²) in [5.74, 6) is 0.371. The fourth-order valence-corrected chi connectivity index (χ4v) is 4.88. The second-order valence-electron chi connectivity index (χ2n) is 9.77. The lowest BCUT2D eigenvalue weighted by Crippen LogP contribution is -2.47. The maximum absolute atomic E-state index is 13.0. The van der Waals surface area contributed by atoms with Gasteiger partial charge in [-0.1, -0.05) is 18.2 Å². The van der Waals surface area contributed by atoms with Crippen LogP contribution in [0.3, 0.4) is 0 Å². The van der Waals surface area contributed by atoms with Crippen molar-refractivity contribution in [3.8, 4) is 0 Å². The molecule has 0 unspecified atom stereocenters. The van der Waals surface area contributed by atoms with Crippen LogP contribution < -0.4 is 20.4 Å². The van der Waals surface area contributed by atoms with E-state index in [1.807, 2.05) is 22.9 Å². The van der Waals surface area contributed by atoms with Crippen LogP contribution in [0.25, 0.3) is 0 Å². The van der Waals surface area contributed by atoms with Gasteiger partial charge in [-0.3, -0.25) is 9.59 Å². The largest absolute Gasteiger partial charge is 0.456 e. The molecule has 0 aliphatic carbocycles. The zero-order valence-corrected chi connectivity index (χ0v) is 22.4. The molecule has 0 atom stereocenters. The molecule has 0 bridgehead atoms. The number of aryl methyl sites for hydroxylation is 3. The van der Waals surface area contributed by atoms with Gasteiger partial charge < -0.3 is 29.4 Å². The topological polar surface area (TPSA) is 95.6 Å². The van der Waals surface area contributed by atoms with Gasteiger partial charge in [0.1, 0.15) is 5.76 Å². The molecule has 0 saturated carbocycles. The minimum absolute atomic E-state index is 0.180. The molecular formula is C30H34N6O3. The minimum atomic E-state index is -0.346. The highest BCUT2D eigenvalue weighted by molar-refractivity contribution is 6.05. The number of furan rings is 1. The smallest absolute Gasteiger partial charge is 0.291 e. The highest BCUT2D eigenvalue weighted by Gasteiger charge is 2.23. The van der Waals surface area contributed by atoms with Gasteiger partial charge in [0.2, 0.25) is 0 Å². The van der Waals surface area contributed by atoms with Crippen molar-refractivity contribution in [3.05, 3.63) is 96.0 Å². The second-order valence-corrected chi connectivity index (χ2v) is 9.77. The highest BCUT2D eigenvalue weighted by atomic mass is 16.3. The SMILES string of the molecule is Cc1ccc(C(=O)Nc2cc(C(=O)NCCCn3ccnc3)ccc2N2CCN(c3ccccc3C)CC2)o1. The van der Waals surface area contributed by atoms with Crippen molar-refractivity contribution in [1.29, 1.82) is 0 Å². The number of anilines is 3. The summed E-state index contributed by atoms with van der Waals surface area (Å²) in [6, 6.07) is 17.3. The Kier molecular flexibility index (Phi) is 7.96. The number of imidazole rings is 1. The molecule has 5 rings (SSSR count). The van der Waals surface area contributed by atoms with E-state index in [0.29, 0.717) is 23.6 Å². The zero-order chi connectivity index (χ0) is 27.2. The van der Waals surface area contributed by atoms with Crippen LogP contribution in [-0.4, -0.2) is 54.1 Å². The first-order chi connectivity index (χ1) is 19.0. The summed E-state index contributed by atoms with van der Waals surface area (Å²) in [4.78, 5) is 34.6. The van der Waals surface area contributed by atoms with Crippen molar-refractivity contribution >= 4 is 28.9 Å². The number of benzene rings is 2. The van der Waals surface area contributed by atoms with Gasteiger partial charge in [-0.2, -0.15) is 0 Å². The van der Waals surface area contributed by atoms with Crippen LogP contribution in [0.4, 0.5) is 17.1 Å². The predicted molar refractivity (Wildman–Crippen MR) is 153 cm³/mol. The number of hydrogen-bond donors (Lipinski definition) is 2. The van der Waals surface area contributed by atoms with E-state index in [-0.39, 0.29) is 17.6 Å². The van der Waals surface area contributed by atoms with Crippen LogP contribution in [0.2, 0.25) is 0 Å². The lowest BCUT2D eigenvalue weighted by Gasteiger charge is -2.38. The third-order valence-corrected chi connectivity index (χ3v) is 6.99. The molecular weight excluding hydrogens is 492 g/mol. The van der Waals surface area contributed by atoms with E-state index in [0.717, 1.165) is 44.8 Å². The van der Waals surface area contributed by atoms with Crippen LogP contribution >= 0.6 is 0 Å². The molecule has 0 radical (unpaired) electrons. The van der Waals surface area contributed by atoms with E-state index in [2.05, 4.69) is 56.6 Å². The van der Waals surface area contributed by atoms with Gasteiger partial charge >= 0.3 is 0 Å². The van der Waals surface area contributed by atoms with Crippen molar-refractivity contribution in [1.82, 2.24) is 14.9 Å². The van der Waals surface area contributed by atoms with Gasteiger partial charge in [-0.15, -0.1) is 0 Å². The molecule has 2 N–H and O–H groups in total.